The number of para-hydroxylation sites is 1. The van der Waals surface area contributed by atoms with E-state index in [1.807, 2.05) is 50.4 Å². The van der Waals surface area contributed by atoms with E-state index >= 15 is 0 Å². The van der Waals surface area contributed by atoms with Crippen LogP contribution in [0.25, 0.3) is 10.9 Å². The Balaban J connectivity index is 0.00000341. The summed E-state index contributed by atoms with van der Waals surface area (Å²) in [4.78, 5) is 22.0. The maximum Gasteiger partial charge on any atom is 0.224 e. The number of nitrogens with one attached hydrogen (secondary N) is 3. The van der Waals surface area contributed by atoms with Crippen molar-refractivity contribution < 1.29 is 4.79 Å². The number of hydrogen-bond donors (Lipinski definition) is 3. The topological polar surface area (TPSA) is 72.5 Å². The second-order valence-electron chi connectivity index (χ2n) is 7.28. The lowest BCUT2D eigenvalue weighted by Crippen LogP contribution is -2.38. The molecule has 7 heteroatoms. The summed E-state index contributed by atoms with van der Waals surface area (Å²) in [5.41, 5.74) is 3.57. The molecule has 1 aromatic heterocycles. The van der Waals surface area contributed by atoms with Gasteiger partial charge in [0.1, 0.15) is 0 Å². The highest BCUT2D eigenvalue weighted by molar-refractivity contribution is 14.0. The largest absolute Gasteiger partial charge is 0.361 e. The van der Waals surface area contributed by atoms with Crippen molar-refractivity contribution in [3.05, 3.63) is 71.9 Å². The van der Waals surface area contributed by atoms with E-state index in [4.69, 9.17) is 0 Å². The molecule has 31 heavy (non-hydrogen) atoms. The minimum Gasteiger partial charge on any atom is -0.361 e. The number of aromatic nitrogens is 1. The first kappa shape index (κ1) is 24.7. The molecule has 3 N–H and O–H groups in total. The van der Waals surface area contributed by atoms with E-state index < -0.39 is 0 Å². The Morgan fingerprint density at radius 1 is 1.06 bits per heavy atom. The predicted molar refractivity (Wildman–Crippen MR) is 139 cm³/mol. The summed E-state index contributed by atoms with van der Waals surface area (Å²) >= 11 is 0. The average molecular weight is 533 g/mol. The van der Waals surface area contributed by atoms with Crippen LogP contribution in [-0.2, 0) is 17.8 Å². The summed E-state index contributed by atoms with van der Waals surface area (Å²) in [6.07, 6.45) is 3.35. The van der Waals surface area contributed by atoms with Gasteiger partial charge in [0.05, 0.1) is 6.54 Å². The highest BCUT2D eigenvalue weighted by Gasteiger charge is 2.09. The number of hydrogen-bond acceptors (Lipinski definition) is 2. The van der Waals surface area contributed by atoms with Crippen LogP contribution >= 0.6 is 24.0 Å². The van der Waals surface area contributed by atoms with E-state index in [0.29, 0.717) is 19.5 Å². The molecule has 0 saturated heterocycles. The van der Waals surface area contributed by atoms with Crippen LogP contribution in [0.15, 0.2) is 65.8 Å². The fourth-order valence-electron chi connectivity index (χ4n) is 3.40. The van der Waals surface area contributed by atoms with Gasteiger partial charge in [-0.1, -0.05) is 48.5 Å². The first-order valence-corrected chi connectivity index (χ1v) is 10.5. The number of guanidine groups is 1. The van der Waals surface area contributed by atoms with Crippen LogP contribution in [-0.4, -0.2) is 48.4 Å². The quantitative estimate of drug-likeness (QED) is 0.222. The summed E-state index contributed by atoms with van der Waals surface area (Å²) in [6, 6.07) is 18.3. The summed E-state index contributed by atoms with van der Waals surface area (Å²) in [6.45, 7) is 4.67. The van der Waals surface area contributed by atoms with Crippen molar-refractivity contribution in [1.29, 1.82) is 0 Å². The number of amides is 1. The van der Waals surface area contributed by atoms with Crippen LogP contribution in [0.2, 0.25) is 0 Å². The molecule has 1 amide bonds. The summed E-state index contributed by atoms with van der Waals surface area (Å²) < 4.78 is 0. The molecule has 0 aliphatic carbocycles. The number of halogens is 1. The Hall–Kier alpha value is -2.55. The first-order chi connectivity index (χ1) is 14.7. The lowest BCUT2D eigenvalue weighted by Gasteiger charge is -2.17. The summed E-state index contributed by atoms with van der Waals surface area (Å²) in [5, 5.41) is 7.87. The summed E-state index contributed by atoms with van der Waals surface area (Å²) in [5.74, 6) is 0.841. The van der Waals surface area contributed by atoms with Crippen LogP contribution in [0.5, 0.6) is 0 Å². The number of aromatic amines is 1. The summed E-state index contributed by atoms with van der Waals surface area (Å²) in [7, 11) is 1.84. The number of fused-ring (bicyclic) bond motifs is 1. The third-order valence-electron chi connectivity index (χ3n) is 4.99. The van der Waals surface area contributed by atoms with Crippen LogP contribution in [0, 0.1) is 0 Å². The molecular formula is C24H32IN5O. The smallest absolute Gasteiger partial charge is 0.224 e. The minimum absolute atomic E-state index is 0. The number of aliphatic imine (C=N–C) groups is 1. The minimum atomic E-state index is 0. The zero-order valence-electron chi connectivity index (χ0n) is 18.2. The van der Waals surface area contributed by atoms with Crippen LogP contribution in [0.3, 0.4) is 0 Å². The van der Waals surface area contributed by atoms with E-state index in [1.54, 1.807) is 4.90 Å². The van der Waals surface area contributed by atoms with Crippen LogP contribution < -0.4 is 10.6 Å². The van der Waals surface area contributed by atoms with Crippen molar-refractivity contribution in [1.82, 2.24) is 20.5 Å². The van der Waals surface area contributed by atoms with E-state index in [-0.39, 0.29) is 29.9 Å². The van der Waals surface area contributed by atoms with E-state index in [2.05, 4.69) is 45.0 Å². The molecule has 0 aliphatic heterocycles. The van der Waals surface area contributed by atoms with Gasteiger partial charge in [0, 0.05) is 50.2 Å². The number of carbonyl (C=O) groups excluding carboxylic acids is 1. The third-order valence-corrected chi connectivity index (χ3v) is 4.99. The van der Waals surface area contributed by atoms with Crippen molar-refractivity contribution >= 4 is 46.7 Å². The first-order valence-electron chi connectivity index (χ1n) is 10.5. The second-order valence-corrected chi connectivity index (χ2v) is 7.28. The fourth-order valence-corrected chi connectivity index (χ4v) is 3.40. The molecule has 0 spiro atoms. The van der Waals surface area contributed by atoms with Gasteiger partial charge in [-0.2, -0.15) is 0 Å². The fraction of sp³-hybridized carbons (Fsp3) is 0.333. The van der Waals surface area contributed by atoms with E-state index in [0.717, 1.165) is 36.6 Å². The van der Waals surface area contributed by atoms with Crippen molar-refractivity contribution in [2.24, 2.45) is 4.99 Å². The van der Waals surface area contributed by atoms with Crippen molar-refractivity contribution in [3.63, 3.8) is 0 Å². The van der Waals surface area contributed by atoms with E-state index in [1.165, 1.54) is 10.9 Å². The highest BCUT2D eigenvalue weighted by Crippen LogP contribution is 2.17. The molecule has 0 atom stereocenters. The lowest BCUT2D eigenvalue weighted by molar-refractivity contribution is -0.130. The molecule has 166 valence electrons. The zero-order valence-corrected chi connectivity index (χ0v) is 20.6. The predicted octanol–water partition coefficient (Wildman–Crippen LogP) is 3.93. The Morgan fingerprint density at radius 2 is 1.81 bits per heavy atom. The Kier molecular flexibility index (Phi) is 10.4. The Bertz CT molecular complexity index is 970. The lowest BCUT2D eigenvalue weighted by atomic mass is 10.1. The van der Waals surface area contributed by atoms with Gasteiger partial charge < -0.3 is 20.5 Å². The molecule has 1 heterocycles. The number of H-pyrrole nitrogens is 1. The molecule has 0 radical (unpaired) electrons. The van der Waals surface area contributed by atoms with Gasteiger partial charge >= 0.3 is 0 Å². The van der Waals surface area contributed by atoms with Crippen LogP contribution in [0.4, 0.5) is 0 Å². The second kappa shape index (κ2) is 13.0. The molecule has 3 aromatic rings. The molecule has 2 aromatic carbocycles. The molecule has 0 saturated carbocycles. The molecule has 0 aliphatic rings. The normalized spacial score (nSPS) is 11.1. The molecule has 0 unspecified atom stereocenters. The monoisotopic (exact) mass is 533 g/mol. The van der Waals surface area contributed by atoms with Gasteiger partial charge in [0.2, 0.25) is 5.91 Å². The van der Waals surface area contributed by atoms with Gasteiger partial charge in [0.25, 0.3) is 0 Å². The number of carbonyl (C=O) groups is 1. The maximum absolute atomic E-state index is 12.4. The standard InChI is InChI=1S/C24H31N5O.HI/c1-3-25-24(26-15-13-20-17-28-22-12-8-7-11-21(20)22)27-16-14-23(30)29(2)18-19-9-5-4-6-10-19;/h4-12,17,28H,3,13-16,18H2,1-2H3,(H2,25,26,27);1H. The third kappa shape index (κ3) is 7.57. The van der Waals surface area contributed by atoms with E-state index in [9.17, 15) is 4.79 Å². The zero-order chi connectivity index (χ0) is 21.2. The van der Waals surface area contributed by atoms with Gasteiger partial charge in [-0.05, 0) is 30.5 Å². The molecule has 3 rings (SSSR count). The average Bonchev–Trinajstić information content (AvgIpc) is 3.17. The molecule has 6 nitrogen and oxygen atoms in total. The van der Waals surface area contributed by atoms with Gasteiger partial charge in [0.15, 0.2) is 5.96 Å². The maximum atomic E-state index is 12.4. The molecule has 0 bridgehead atoms. The highest BCUT2D eigenvalue weighted by atomic mass is 127. The Labute approximate surface area is 201 Å². The van der Waals surface area contributed by atoms with Crippen molar-refractivity contribution in [2.75, 3.05) is 26.7 Å². The molecular weight excluding hydrogens is 501 g/mol. The van der Waals surface area contributed by atoms with Crippen molar-refractivity contribution in [2.45, 2.75) is 26.3 Å². The van der Waals surface area contributed by atoms with Crippen molar-refractivity contribution in [3.8, 4) is 0 Å². The number of nitrogens with zero attached hydrogens (tertiary/aromatic N) is 2. The Morgan fingerprint density at radius 3 is 2.58 bits per heavy atom. The van der Waals surface area contributed by atoms with Gasteiger partial charge in [-0.15, -0.1) is 24.0 Å². The van der Waals surface area contributed by atoms with Gasteiger partial charge in [-0.3, -0.25) is 9.79 Å². The SMILES string of the molecule is CCNC(=NCCC(=O)N(C)Cc1ccccc1)NCCc1c[nH]c2ccccc12.I. The molecule has 0 fully saturated rings. The number of benzene rings is 2. The number of rotatable bonds is 9. The van der Waals surface area contributed by atoms with Crippen LogP contribution in [0.1, 0.15) is 24.5 Å². The van der Waals surface area contributed by atoms with Gasteiger partial charge in [-0.25, -0.2) is 0 Å².